The summed E-state index contributed by atoms with van der Waals surface area (Å²) in [6.07, 6.45) is 1.57. The number of anilines is 1. The van der Waals surface area contributed by atoms with Crippen LogP contribution in [0, 0.1) is 0 Å². The Morgan fingerprint density at radius 1 is 1.00 bits per heavy atom. The number of piperidine rings is 1. The zero-order chi connectivity index (χ0) is 20.3. The molecule has 0 aliphatic carbocycles. The Morgan fingerprint density at radius 3 is 2.57 bits per heavy atom. The lowest BCUT2D eigenvalue weighted by molar-refractivity contribution is 0.171. The highest BCUT2D eigenvalue weighted by Crippen LogP contribution is 2.33. The number of hydrogen-bond donors (Lipinski definition) is 1. The fourth-order valence-electron chi connectivity index (χ4n) is 3.76. The fraction of sp³-hybridized carbons (Fsp3) is 0.318. The maximum atomic E-state index is 12.7. The molecule has 30 heavy (non-hydrogen) atoms. The summed E-state index contributed by atoms with van der Waals surface area (Å²) in [5.74, 6) is 2.76. The van der Waals surface area contributed by atoms with Gasteiger partial charge < -0.3 is 24.2 Å². The molecule has 2 aromatic carbocycles. The first-order valence-electron chi connectivity index (χ1n) is 10.1. The molecule has 1 N–H and O–H groups in total. The van der Waals surface area contributed by atoms with Crippen LogP contribution in [0.4, 0.5) is 10.5 Å². The number of carbonyl (C=O) groups excluding carboxylic acids is 1. The van der Waals surface area contributed by atoms with E-state index in [0.717, 1.165) is 18.4 Å². The van der Waals surface area contributed by atoms with E-state index in [-0.39, 0.29) is 11.9 Å². The van der Waals surface area contributed by atoms with Crippen molar-refractivity contribution in [2.75, 3.05) is 31.6 Å². The van der Waals surface area contributed by atoms with E-state index in [4.69, 9.17) is 14.0 Å². The number of hydrogen-bond acceptors (Lipinski definition) is 6. The van der Waals surface area contributed by atoms with E-state index < -0.39 is 0 Å². The monoisotopic (exact) mass is 406 g/mol. The highest BCUT2D eigenvalue weighted by atomic mass is 16.6. The van der Waals surface area contributed by atoms with Gasteiger partial charge in [0.15, 0.2) is 11.5 Å². The molecule has 1 fully saturated rings. The Morgan fingerprint density at radius 2 is 1.77 bits per heavy atom. The summed E-state index contributed by atoms with van der Waals surface area (Å²) < 4.78 is 16.6. The van der Waals surface area contributed by atoms with Gasteiger partial charge in [-0.2, -0.15) is 4.98 Å². The van der Waals surface area contributed by atoms with E-state index in [1.165, 1.54) is 0 Å². The summed E-state index contributed by atoms with van der Waals surface area (Å²) in [6, 6.07) is 15.1. The predicted molar refractivity (Wildman–Crippen MR) is 110 cm³/mol. The van der Waals surface area contributed by atoms with Crippen molar-refractivity contribution in [1.82, 2.24) is 15.0 Å². The zero-order valence-corrected chi connectivity index (χ0v) is 16.4. The number of rotatable bonds is 3. The van der Waals surface area contributed by atoms with Crippen LogP contribution in [0.15, 0.2) is 53.1 Å². The van der Waals surface area contributed by atoms with Crippen LogP contribution in [-0.4, -0.2) is 47.4 Å². The van der Waals surface area contributed by atoms with Gasteiger partial charge in [-0.1, -0.05) is 35.5 Å². The summed E-state index contributed by atoms with van der Waals surface area (Å²) in [5.41, 5.74) is 1.62. The number of fused-ring (bicyclic) bond motifs is 1. The zero-order valence-electron chi connectivity index (χ0n) is 16.4. The van der Waals surface area contributed by atoms with E-state index >= 15 is 0 Å². The van der Waals surface area contributed by atoms with Crippen LogP contribution >= 0.6 is 0 Å². The molecule has 0 saturated carbocycles. The molecule has 2 amide bonds. The molecule has 0 atom stereocenters. The van der Waals surface area contributed by atoms with Gasteiger partial charge in [0.2, 0.25) is 11.7 Å². The fourth-order valence-corrected chi connectivity index (χ4v) is 3.76. The first-order valence-corrected chi connectivity index (χ1v) is 10.1. The van der Waals surface area contributed by atoms with Crippen molar-refractivity contribution in [3.05, 3.63) is 54.4 Å². The van der Waals surface area contributed by atoms with Crippen LogP contribution in [0.5, 0.6) is 11.5 Å². The Bertz CT molecular complexity index is 1030. The minimum atomic E-state index is -0.124. The number of benzene rings is 2. The Hall–Kier alpha value is -3.55. The maximum Gasteiger partial charge on any atom is 0.321 e. The minimum absolute atomic E-state index is 0.124. The first-order chi connectivity index (χ1) is 14.8. The topological polar surface area (TPSA) is 89.7 Å². The SMILES string of the molecule is O=C(Nc1ccc2c(c1)OCCO2)N1CCC(c2nc(-c3ccccc3)no2)CC1. The van der Waals surface area contributed by atoms with Crippen molar-refractivity contribution in [3.63, 3.8) is 0 Å². The van der Waals surface area contributed by atoms with Gasteiger partial charge in [-0.05, 0) is 25.0 Å². The van der Waals surface area contributed by atoms with Crippen LogP contribution in [0.3, 0.4) is 0 Å². The number of amides is 2. The molecule has 3 aromatic rings. The number of nitrogens with one attached hydrogen (secondary N) is 1. The van der Waals surface area contributed by atoms with Crippen LogP contribution in [0.2, 0.25) is 0 Å². The Labute approximate surface area is 173 Å². The molecule has 154 valence electrons. The van der Waals surface area contributed by atoms with E-state index in [9.17, 15) is 4.79 Å². The predicted octanol–water partition coefficient (Wildman–Crippen LogP) is 3.92. The standard InChI is InChI=1S/C22H22N4O4/c27-22(23-17-6-7-18-19(14-17)29-13-12-28-18)26-10-8-16(9-11-26)21-24-20(25-30-21)15-4-2-1-3-5-15/h1-7,14,16H,8-13H2,(H,23,27). The average Bonchev–Trinajstić information content (AvgIpc) is 3.30. The van der Waals surface area contributed by atoms with Gasteiger partial charge in [-0.25, -0.2) is 4.79 Å². The second-order valence-electron chi connectivity index (χ2n) is 7.37. The van der Waals surface area contributed by atoms with Crippen molar-refractivity contribution in [2.24, 2.45) is 0 Å². The molecule has 3 heterocycles. The lowest BCUT2D eigenvalue weighted by atomic mass is 9.97. The smallest absolute Gasteiger partial charge is 0.321 e. The number of likely N-dealkylation sites (tertiary alicyclic amines) is 1. The number of aromatic nitrogens is 2. The molecule has 0 spiro atoms. The van der Waals surface area contributed by atoms with Crippen molar-refractivity contribution < 1.29 is 18.8 Å². The summed E-state index contributed by atoms with van der Waals surface area (Å²) in [5, 5.41) is 7.05. The molecule has 0 radical (unpaired) electrons. The van der Waals surface area contributed by atoms with E-state index in [2.05, 4.69) is 15.5 Å². The molecule has 8 nitrogen and oxygen atoms in total. The molecule has 2 aliphatic rings. The van der Waals surface area contributed by atoms with Crippen molar-refractivity contribution in [3.8, 4) is 22.9 Å². The summed E-state index contributed by atoms with van der Waals surface area (Å²) in [4.78, 5) is 19.0. The normalized spacial score (nSPS) is 16.3. The van der Waals surface area contributed by atoms with Crippen molar-refractivity contribution in [2.45, 2.75) is 18.8 Å². The summed E-state index contributed by atoms with van der Waals surface area (Å²) in [7, 11) is 0. The van der Waals surface area contributed by atoms with Gasteiger partial charge in [0.25, 0.3) is 0 Å². The molecule has 5 rings (SSSR count). The Kier molecular flexibility index (Phi) is 4.96. The number of ether oxygens (including phenoxy) is 2. The van der Waals surface area contributed by atoms with Crippen LogP contribution in [-0.2, 0) is 0 Å². The molecule has 0 unspecified atom stereocenters. The van der Waals surface area contributed by atoms with E-state index in [1.54, 1.807) is 6.07 Å². The minimum Gasteiger partial charge on any atom is -0.486 e. The quantitative estimate of drug-likeness (QED) is 0.709. The van der Waals surface area contributed by atoms with Crippen molar-refractivity contribution in [1.29, 1.82) is 0 Å². The van der Waals surface area contributed by atoms with Crippen molar-refractivity contribution >= 4 is 11.7 Å². The second kappa shape index (κ2) is 8.06. The van der Waals surface area contributed by atoms with Gasteiger partial charge >= 0.3 is 6.03 Å². The number of nitrogens with zero attached hydrogens (tertiary/aromatic N) is 3. The van der Waals surface area contributed by atoms with Crippen LogP contribution in [0.25, 0.3) is 11.4 Å². The van der Waals surface area contributed by atoms with Gasteiger partial charge in [0, 0.05) is 36.3 Å². The first kappa shape index (κ1) is 18.5. The maximum absolute atomic E-state index is 12.7. The van der Waals surface area contributed by atoms with E-state index in [0.29, 0.717) is 55.2 Å². The highest BCUT2D eigenvalue weighted by Gasteiger charge is 2.28. The number of carbonyl (C=O) groups is 1. The second-order valence-corrected chi connectivity index (χ2v) is 7.37. The van der Waals surface area contributed by atoms with Gasteiger partial charge in [0.1, 0.15) is 13.2 Å². The highest BCUT2D eigenvalue weighted by molar-refractivity contribution is 5.89. The lowest BCUT2D eigenvalue weighted by Crippen LogP contribution is -2.40. The molecule has 8 heteroatoms. The largest absolute Gasteiger partial charge is 0.486 e. The molecular weight excluding hydrogens is 384 g/mol. The van der Waals surface area contributed by atoms with Gasteiger partial charge in [0.05, 0.1) is 0 Å². The third-order valence-corrected chi connectivity index (χ3v) is 5.40. The molecule has 1 aromatic heterocycles. The third kappa shape index (κ3) is 3.80. The van der Waals surface area contributed by atoms with Gasteiger partial charge in [-0.3, -0.25) is 0 Å². The lowest BCUT2D eigenvalue weighted by Gasteiger charge is -2.30. The molecular formula is C22H22N4O4. The van der Waals surface area contributed by atoms with Crippen LogP contribution in [0.1, 0.15) is 24.7 Å². The molecule has 2 aliphatic heterocycles. The molecule has 0 bridgehead atoms. The van der Waals surface area contributed by atoms with Gasteiger partial charge in [-0.15, -0.1) is 0 Å². The average molecular weight is 406 g/mol. The summed E-state index contributed by atoms with van der Waals surface area (Å²) >= 11 is 0. The Balaban J connectivity index is 1.18. The number of urea groups is 1. The third-order valence-electron chi connectivity index (χ3n) is 5.40. The van der Waals surface area contributed by atoms with E-state index in [1.807, 2.05) is 47.4 Å². The van der Waals surface area contributed by atoms with Crippen LogP contribution < -0.4 is 14.8 Å². The summed E-state index contributed by atoms with van der Waals surface area (Å²) in [6.45, 7) is 2.31. The molecule has 1 saturated heterocycles.